The third-order valence-corrected chi connectivity index (χ3v) is 2.75. The van der Waals surface area contributed by atoms with E-state index in [2.05, 4.69) is 17.4 Å². The molecule has 13 heavy (non-hydrogen) atoms. The molecule has 1 N–H and O–H groups in total. The van der Waals surface area contributed by atoms with Gasteiger partial charge >= 0.3 is 0 Å². The van der Waals surface area contributed by atoms with Gasteiger partial charge < -0.3 is 5.32 Å². The van der Waals surface area contributed by atoms with Crippen molar-refractivity contribution >= 4 is 13.3 Å². The summed E-state index contributed by atoms with van der Waals surface area (Å²) < 4.78 is 0. The second-order valence-corrected chi connectivity index (χ2v) is 3.69. The van der Waals surface area contributed by atoms with E-state index in [4.69, 9.17) is 7.85 Å². The van der Waals surface area contributed by atoms with Crippen molar-refractivity contribution in [2.24, 2.45) is 0 Å². The molecular formula is C11H14BN. The molecule has 1 aromatic carbocycles. The monoisotopic (exact) mass is 171 g/mol. The molecule has 0 saturated carbocycles. The minimum absolute atomic E-state index is 0.738. The Labute approximate surface area is 81.0 Å². The Morgan fingerprint density at radius 1 is 1.08 bits per heavy atom. The van der Waals surface area contributed by atoms with Crippen molar-refractivity contribution in [3.8, 4) is 0 Å². The molecule has 0 aliphatic carbocycles. The predicted molar refractivity (Wildman–Crippen MR) is 56.7 cm³/mol. The summed E-state index contributed by atoms with van der Waals surface area (Å²) in [5.74, 6) is 0.738. The van der Waals surface area contributed by atoms with E-state index in [1.807, 2.05) is 12.1 Å². The van der Waals surface area contributed by atoms with Crippen LogP contribution < -0.4 is 10.8 Å². The molecule has 2 heteroatoms. The molecule has 1 heterocycles. The molecule has 0 spiro atoms. The molecule has 0 atom stereocenters. The zero-order valence-corrected chi connectivity index (χ0v) is 7.79. The van der Waals surface area contributed by atoms with Crippen LogP contribution in [0.5, 0.6) is 0 Å². The maximum atomic E-state index is 5.64. The fraction of sp³-hybridized carbons (Fsp3) is 0.455. The number of hydrogen-bond acceptors (Lipinski definition) is 1. The van der Waals surface area contributed by atoms with E-state index in [0.717, 1.165) is 24.5 Å². The summed E-state index contributed by atoms with van der Waals surface area (Å²) >= 11 is 0. The molecule has 1 aliphatic rings. The Kier molecular flexibility index (Phi) is 2.69. The first-order valence-corrected chi connectivity index (χ1v) is 4.92. The van der Waals surface area contributed by atoms with Crippen LogP contribution in [-0.2, 0) is 0 Å². The molecule has 0 bridgehead atoms. The number of benzene rings is 1. The van der Waals surface area contributed by atoms with Crippen LogP contribution in [0.15, 0.2) is 24.3 Å². The lowest BCUT2D eigenvalue weighted by Crippen LogP contribution is -2.26. The summed E-state index contributed by atoms with van der Waals surface area (Å²) in [5.41, 5.74) is 2.30. The largest absolute Gasteiger partial charge is 0.317 e. The first-order valence-electron chi connectivity index (χ1n) is 4.92. The summed E-state index contributed by atoms with van der Waals surface area (Å²) in [5, 5.41) is 3.37. The smallest absolute Gasteiger partial charge is 0.113 e. The van der Waals surface area contributed by atoms with Crippen molar-refractivity contribution in [3.05, 3.63) is 29.8 Å². The standard InChI is InChI=1S/C11H14BN/c12-11-3-1-9(2-4-11)10-5-7-13-8-6-10/h1-4,10,13H,5-8H2. The highest BCUT2D eigenvalue weighted by atomic mass is 14.9. The highest BCUT2D eigenvalue weighted by Crippen LogP contribution is 2.23. The van der Waals surface area contributed by atoms with Gasteiger partial charge in [-0.05, 0) is 37.4 Å². The Bertz CT molecular complexity index is 262. The maximum Gasteiger partial charge on any atom is 0.113 e. The molecular weight excluding hydrogens is 157 g/mol. The quantitative estimate of drug-likeness (QED) is 0.620. The van der Waals surface area contributed by atoms with Gasteiger partial charge in [-0.15, -0.1) is 0 Å². The molecule has 0 unspecified atom stereocenters. The SMILES string of the molecule is [B]c1ccc(C2CCNCC2)cc1. The Balaban J connectivity index is 2.10. The van der Waals surface area contributed by atoms with Crippen LogP contribution in [0.2, 0.25) is 0 Å². The van der Waals surface area contributed by atoms with Crippen LogP contribution in [0.3, 0.4) is 0 Å². The summed E-state index contributed by atoms with van der Waals surface area (Å²) in [6.45, 7) is 2.30. The van der Waals surface area contributed by atoms with Crippen LogP contribution in [-0.4, -0.2) is 20.9 Å². The van der Waals surface area contributed by atoms with Crippen LogP contribution >= 0.6 is 0 Å². The maximum absolute atomic E-state index is 5.64. The molecule has 1 saturated heterocycles. The van der Waals surface area contributed by atoms with Crippen molar-refractivity contribution in [2.75, 3.05) is 13.1 Å². The molecule has 0 aromatic heterocycles. The van der Waals surface area contributed by atoms with E-state index >= 15 is 0 Å². The number of piperidine rings is 1. The van der Waals surface area contributed by atoms with Gasteiger partial charge in [0, 0.05) is 0 Å². The summed E-state index contributed by atoms with van der Waals surface area (Å²) in [7, 11) is 5.64. The highest BCUT2D eigenvalue weighted by molar-refractivity contribution is 6.32. The van der Waals surface area contributed by atoms with E-state index in [1.54, 1.807) is 0 Å². The van der Waals surface area contributed by atoms with Crippen LogP contribution in [0.4, 0.5) is 0 Å². The first-order chi connectivity index (χ1) is 6.36. The van der Waals surface area contributed by atoms with E-state index in [9.17, 15) is 0 Å². The fourth-order valence-corrected chi connectivity index (χ4v) is 1.92. The van der Waals surface area contributed by atoms with Gasteiger partial charge in [0.05, 0.1) is 0 Å². The van der Waals surface area contributed by atoms with E-state index in [1.165, 1.54) is 18.4 Å². The van der Waals surface area contributed by atoms with Gasteiger partial charge in [-0.25, -0.2) is 0 Å². The van der Waals surface area contributed by atoms with E-state index in [0.29, 0.717) is 0 Å². The zero-order valence-electron chi connectivity index (χ0n) is 7.79. The summed E-state index contributed by atoms with van der Waals surface area (Å²) in [4.78, 5) is 0. The van der Waals surface area contributed by atoms with Gasteiger partial charge in [0.15, 0.2) is 0 Å². The molecule has 1 fully saturated rings. The van der Waals surface area contributed by atoms with E-state index in [-0.39, 0.29) is 0 Å². The lowest BCUT2D eigenvalue weighted by atomic mass is 9.87. The van der Waals surface area contributed by atoms with Crippen molar-refractivity contribution in [3.63, 3.8) is 0 Å². The third kappa shape index (κ3) is 2.13. The van der Waals surface area contributed by atoms with Gasteiger partial charge in [0.2, 0.25) is 0 Å². The summed E-state index contributed by atoms with van der Waals surface area (Å²) in [6, 6.07) is 8.31. The molecule has 2 rings (SSSR count). The van der Waals surface area contributed by atoms with Crippen molar-refractivity contribution in [1.82, 2.24) is 5.32 Å². The van der Waals surface area contributed by atoms with Gasteiger partial charge in [0.1, 0.15) is 7.85 Å². The number of rotatable bonds is 1. The lowest BCUT2D eigenvalue weighted by molar-refractivity contribution is 0.460. The van der Waals surface area contributed by atoms with Gasteiger partial charge in [0.25, 0.3) is 0 Å². The van der Waals surface area contributed by atoms with Crippen molar-refractivity contribution in [1.29, 1.82) is 0 Å². The topological polar surface area (TPSA) is 12.0 Å². The Morgan fingerprint density at radius 3 is 2.31 bits per heavy atom. The Morgan fingerprint density at radius 2 is 1.69 bits per heavy atom. The second kappa shape index (κ2) is 3.97. The van der Waals surface area contributed by atoms with Crippen LogP contribution in [0.25, 0.3) is 0 Å². The molecule has 66 valence electrons. The molecule has 0 amide bonds. The lowest BCUT2D eigenvalue weighted by Gasteiger charge is -2.22. The van der Waals surface area contributed by atoms with Gasteiger partial charge in [-0.2, -0.15) is 0 Å². The third-order valence-electron chi connectivity index (χ3n) is 2.75. The zero-order chi connectivity index (χ0) is 9.10. The number of nitrogens with one attached hydrogen (secondary N) is 1. The normalized spacial score (nSPS) is 18.8. The highest BCUT2D eigenvalue weighted by Gasteiger charge is 2.14. The average molecular weight is 171 g/mol. The molecule has 1 nitrogen and oxygen atoms in total. The fourth-order valence-electron chi connectivity index (χ4n) is 1.92. The van der Waals surface area contributed by atoms with Crippen LogP contribution in [0, 0.1) is 0 Å². The van der Waals surface area contributed by atoms with Gasteiger partial charge in [-0.3, -0.25) is 0 Å². The van der Waals surface area contributed by atoms with Crippen molar-refractivity contribution < 1.29 is 0 Å². The van der Waals surface area contributed by atoms with Crippen molar-refractivity contribution in [2.45, 2.75) is 18.8 Å². The second-order valence-electron chi connectivity index (χ2n) is 3.69. The predicted octanol–water partition coefficient (Wildman–Crippen LogP) is 0.947. The minimum atomic E-state index is 0.738. The summed E-state index contributed by atoms with van der Waals surface area (Å²) in [6.07, 6.45) is 2.51. The Hall–Kier alpha value is -0.755. The van der Waals surface area contributed by atoms with Gasteiger partial charge in [-0.1, -0.05) is 29.7 Å². The minimum Gasteiger partial charge on any atom is -0.317 e. The number of hydrogen-bond donors (Lipinski definition) is 1. The molecule has 1 aromatic rings. The van der Waals surface area contributed by atoms with E-state index < -0.39 is 0 Å². The molecule has 2 radical (unpaired) electrons. The first kappa shape index (κ1) is 8.83. The van der Waals surface area contributed by atoms with Crippen LogP contribution in [0.1, 0.15) is 24.3 Å². The molecule has 1 aliphatic heterocycles. The average Bonchev–Trinajstić information content (AvgIpc) is 2.20.